The Kier molecular flexibility index (Phi) is 13.2. The molecule has 0 saturated heterocycles. The van der Waals surface area contributed by atoms with Gasteiger partial charge in [-0.05, 0) is 38.8 Å². The highest BCUT2D eigenvalue weighted by Crippen LogP contribution is 2.11. The monoisotopic (exact) mass is 258 g/mol. The first-order chi connectivity index (χ1) is 8.72. The molecule has 0 aromatic heterocycles. The summed E-state index contributed by atoms with van der Waals surface area (Å²) in [7, 11) is 0. The summed E-state index contributed by atoms with van der Waals surface area (Å²) in [6.45, 7) is 1.54. The predicted molar refractivity (Wildman–Crippen MR) is 80.2 cm³/mol. The summed E-state index contributed by atoms with van der Waals surface area (Å²) in [6, 6.07) is 0.270. The maximum absolute atomic E-state index is 6.06. The van der Waals surface area contributed by atoms with Crippen molar-refractivity contribution in [1.82, 2.24) is 0 Å². The van der Waals surface area contributed by atoms with E-state index in [1.165, 1.54) is 44.9 Å². The molecule has 0 aliphatic carbocycles. The molecule has 0 heterocycles. The molecule has 2 unspecified atom stereocenters. The average molecular weight is 258 g/mol. The highest BCUT2D eigenvalue weighted by Gasteiger charge is 2.11. The van der Waals surface area contributed by atoms with Crippen LogP contribution in [0.25, 0.3) is 0 Å². The summed E-state index contributed by atoms with van der Waals surface area (Å²) in [6.07, 6.45) is 11.9. The summed E-state index contributed by atoms with van der Waals surface area (Å²) in [5.74, 6) is 0. The molecular formula is C14H34N4. The van der Waals surface area contributed by atoms with Gasteiger partial charge in [-0.2, -0.15) is 0 Å². The third-order valence-electron chi connectivity index (χ3n) is 3.53. The van der Waals surface area contributed by atoms with Gasteiger partial charge in [-0.25, -0.2) is 0 Å². The van der Waals surface area contributed by atoms with Crippen LogP contribution in [0.5, 0.6) is 0 Å². The van der Waals surface area contributed by atoms with E-state index in [-0.39, 0.29) is 12.1 Å². The fraction of sp³-hybridized carbons (Fsp3) is 1.00. The second kappa shape index (κ2) is 13.3. The first-order valence-electron chi connectivity index (χ1n) is 7.63. The van der Waals surface area contributed by atoms with Gasteiger partial charge in [0.15, 0.2) is 0 Å². The molecule has 2 atom stereocenters. The molecule has 0 aromatic rings. The van der Waals surface area contributed by atoms with Crippen LogP contribution in [0.1, 0.15) is 64.2 Å². The lowest BCUT2D eigenvalue weighted by molar-refractivity contribution is 0.439. The topological polar surface area (TPSA) is 104 Å². The van der Waals surface area contributed by atoms with Gasteiger partial charge in [0, 0.05) is 12.1 Å². The Balaban J connectivity index is 3.26. The third kappa shape index (κ3) is 11.0. The second-order valence-electron chi connectivity index (χ2n) is 5.31. The fourth-order valence-electron chi connectivity index (χ4n) is 2.19. The lowest BCUT2D eigenvalue weighted by Gasteiger charge is -2.19. The largest absolute Gasteiger partial charge is 0.330 e. The normalized spacial score (nSPS) is 14.7. The van der Waals surface area contributed by atoms with Gasteiger partial charge in [0.2, 0.25) is 0 Å². The first kappa shape index (κ1) is 17.8. The summed E-state index contributed by atoms with van der Waals surface area (Å²) in [5.41, 5.74) is 23.0. The van der Waals surface area contributed by atoms with Crippen LogP contribution in [-0.2, 0) is 0 Å². The highest BCUT2D eigenvalue weighted by atomic mass is 14.8. The van der Waals surface area contributed by atoms with E-state index in [1.807, 2.05) is 0 Å². The SMILES string of the molecule is NCCCCCCCCCC(N)C(N)CCCN. The number of nitrogens with two attached hydrogens (primary N) is 4. The van der Waals surface area contributed by atoms with Gasteiger partial charge in [0.1, 0.15) is 0 Å². The number of hydrogen-bond donors (Lipinski definition) is 4. The smallest absolute Gasteiger partial charge is 0.0192 e. The number of hydrogen-bond acceptors (Lipinski definition) is 4. The average Bonchev–Trinajstić information content (AvgIpc) is 2.38. The Morgan fingerprint density at radius 2 is 0.889 bits per heavy atom. The Morgan fingerprint density at radius 3 is 1.39 bits per heavy atom. The summed E-state index contributed by atoms with van der Waals surface area (Å²) in [4.78, 5) is 0. The molecule has 0 saturated carbocycles. The molecule has 4 nitrogen and oxygen atoms in total. The minimum atomic E-state index is 0.123. The molecule has 0 rings (SSSR count). The zero-order valence-electron chi connectivity index (χ0n) is 11.9. The van der Waals surface area contributed by atoms with E-state index in [9.17, 15) is 0 Å². The van der Waals surface area contributed by atoms with Crippen molar-refractivity contribution in [2.45, 2.75) is 76.3 Å². The minimum absolute atomic E-state index is 0.123. The molecule has 0 aromatic carbocycles. The van der Waals surface area contributed by atoms with Gasteiger partial charge in [-0.1, -0.05) is 38.5 Å². The summed E-state index contributed by atoms with van der Waals surface area (Å²) in [5, 5.41) is 0. The quantitative estimate of drug-likeness (QED) is 0.375. The van der Waals surface area contributed by atoms with Crippen LogP contribution in [-0.4, -0.2) is 25.2 Å². The fourth-order valence-corrected chi connectivity index (χ4v) is 2.19. The molecule has 0 bridgehead atoms. The van der Waals surface area contributed by atoms with Gasteiger partial charge >= 0.3 is 0 Å². The number of unbranched alkanes of at least 4 members (excludes halogenated alkanes) is 6. The van der Waals surface area contributed by atoms with Crippen LogP contribution in [0.2, 0.25) is 0 Å². The maximum Gasteiger partial charge on any atom is 0.0192 e. The van der Waals surface area contributed by atoms with Crippen molar-refractivity contribution in [3.05, 3.63) is 0 Å². The van der Waals surface area contributed by atoms with E-state index in [0.29, 0.717) is 6.54 Å². The maximum atomic E-state index is 6.06. The molecule has 0 radical (unpaired) electrons. The Morgan fingerprint density at radius 1 is 0.500 bits per heavy atom. The van der Waals surface area contributed by atoms with Crippen molar-refractivity contribution < 1.29 is 0 Å². The van der Waals surface area contributed by atoms with E-state index < -0.39 is 0 Å². The summed E-state index contributed by atoms with van der Waals surface area (Å²) < 4.78 is 0. The zero-order valence-corrected chi connectivity index (χ0v) is 11.9. The van der Waals surface area contributed by atoms with Crippen molar-refractivity contribution in [1.29, 1.82) is 0 Å². The molecule has 0 spiro atoms. The highest BCUT2D eigenvalue weighted by molar-refractivity contribution is 4.75. The van der Waals surface area contributed by atoms with Crippen molar-refractivity contribution in [3.63, 3.8) is 0 Å². The lowest BCUT2D eigenvalue weighted by Crippen LogP contribution is -2.41. The van der Waals surface area contributed by atoms with E-state index in [1.54, 1.807) is 0 Å². The van der Waals surface area contributed by atoms with Crippen molar-refractivity contribution >= 4 is 0 Å². The van der Waals surface area contributed by atoms with Crippen molar-refractivity contribution in [2.75, 3.05) is 13.1 Å². The van der Waals surface area contributed by atoms with Gasteiger partial charge < -0.3 is 22.9 Å². The van der Waals surface area contributed by atoms with Crippen LogP contribution >= 0.6 is 0 Å². The molecule has 0 aliphatic rings. The Hall–Kier alpha value is -0.160. The van der Waals surface area contributed by atoms with Crippen molar-refractivity contribution in [2.24, 2.45) is 22.9 Å². The number of rotatable bonds is 13. The second-order valence-corrected chi connectivity index (χ2v) is 5.31. The van der Waals surface area contributed by atoms with E-state index in [0.717, 1.165) is 25.8 Å². The van der Waals surface area contributed by atoms with Gasteiger partial charge in [-0.15, -0.1) is 0 Å². The molecule has 0 fully saturated rings. The summed E-state index contributed by atoms with van der Waals surface area (Å²) >= 11 is 0. The van der Waals surface area contributed by atoms with Gasteiger partial charge in [0.25, 0.3) is 0 Å². The third-order valence-corrected chi connectivity index (χ3v) is 3.53. The molecule has 0 aliphatic heterocycles. The Labute approximate surface area is 113 Å². The van der Waals surface area contributed by atoms with Crippen LogP contribution in [0.15, 0.2) is 0 Å². The Bertz CT molecular complexity index is 164. The molecular weight excluding hydrogens is 224 g/mol. The van der Waals surface area contributed by atoms with Crippen LogP contribution in [0.4, 0.5) is 0 Å². The van der Waals surface area contributed by atoms with Crippen molar-refractivity contribution in [3.8, 4) is 0 Å². The van der Waals surface area contributed by atoms with E-state index >= 15 is 0 Å². The predicted octanol–water partition coefficient (Wildman–Crippen LogP) is 1.46. The van der Waals surface area contributed by atoms with E-state index in [2.05, 4.69) is 0 Å². The lowest BCUT2D eigenvalue weighted by atomic mass is 9.98. The molecule has 0 amide bonds. The van der Waals surface area contributed by atoms with Crippen LogP contribution < -0.4 is 22.9 Å². The minimum Gasteiger partial charge on any atom is -0.330 e. The first-order valence-corrected chi connectivity index (χ1v) is 7.63. The van der Waals surface area contributed by atoms with Gasteiger partial charge in [0.05, 0.1) is 0 Å². The van der Waals surface area contributed by atoms with E-state index in [4.69, 9.17) is 22.9 Å². The van der Waals surface area contributed by atoms with Gasteiger partial charge in [-0.3, -0.25) is 0 Å². The molecule has 110 valence electrons. The molecule has 4 heteroatoms. The molecule has 18 heavy (non-hydrogen) atoms. The standard InChI is InChI=1S/C14H34N4/c15-11-7-5-3-1-2-4-6-9-13(17)14(18)10-8-12-16/h13-14H,1-12,15-18H2. The molecule has 8 N–H and O–H groups in total. The van der Waals surface area contributed by atoms with Crippen LogP contribution in [0, 0.1) is 0 Å². The zero-order chi connectivity index (χ0) is 13.6. The van der Waals surface area contributed by atoms with Crippen LogP contribution in [0.3, 0.4) is 0 Å².